The molecule has 10 heteroatoms. The molecule has 0 radical (unpaired) electrons. The number of aromatic nitrogens is 3. The topological polar surface area (TPSA) is 93.7 Å². The van der Waals surface area contributed by atoms with Crippen LogP contribution in [-0.2, 0) is 11.4 Å². The zero-order valence-electron chi connectivity index (χ0n) is 16.1. The first-order valence-corrected chi connectivity index (χ1v) is 9.54. The Morgan fingerprint density at radius 1 is 1.28 bits per heavy atom. The molecule has 2 aromatic heterocycles. The molecular formula is C19H20ClN5O4. The lowest BCUT2D eigenvalue weighted by Gasteiger charge is -2.36. The van der Waals surface area contributed by atoms with Gasteiger partial charge >= 0.3 is 5.97 Å². The van der Waals surface area contributed by atoms with Crippen molar-refractivity contribution in [1.29, 1.82) is 0 Å². The van der Waals surface area contributed by atoms with Crippen molar-refractivity contribution in [3.05, 3.63) is 51.1 Å². The number of carbonyl (C=O) groups is 1. The highest BCUT2D eigenvalue weighted by atomic mass is 35.5. The molecule has 29 heavy (non-hydrogen) atoms. The molecule has 0 spiro atoms. The first-order chi connectivity index (χ1) is 14.0. The molecule has 1 saturated heterocycles. The number of halogens is 1. The van der Waals surface area contributed by atoms with Crippen molar-refractivity contribution in [2.75, 3.05) is 38.2 Å². The second-order valence-corrected chi connectivity index (χ2v) is 7.27. The lowest BCUT2D eigenvalue weighted by molar-refractivity contribution is 0.0591. The van der Waals surface area contributed by atoms with E-state index in [1.807, 2.05) is 24.3 Å². The summed E-state index contributed by atoms with van der Waals surface area (Å²) in [6, 6.07) is 7.74. The summed E-state index contributed by atoms with van der Waals surface area (Å²) in [5, 5.41) is 9.05. The van der Waals surface area contributed by atoms with E-state index in [1.54, 1.807) is 6.92 Å². The van der Waals surface area contributed by atoms with Crippen molar-refractivity contribution in [1.82, 2.24) is 19.8 Å². The molecule has 1 aliphatic heterocycles. The zero-order chi connectivity index (χ0) is 20.5. The summed E-state index contributed by atoms with van der Waals surface area (Å²) in [5.41, 5.74) is 0.774. The van der Waals surface area contributed by atoms with E-state index in [9.17, 15) is 9.59 Å². The van der Waals surface area contributed by atoms with E-state index in [1.165, 1.54) is 11.8 Å². The Balaban J connectivity index is 1.55. The van der Waals surface area contributed by atoms with E-state index in [2.05, 4.69) is 20.1 Å². The molecule has 1 aromatic carbocycles. The Bertz CT molecular complexity index is 1120. The summed E-state index contributed by atoms with van der Waals surface area (Å²) in [7, 11) is 1.27. The number of fused-ring (bicyclic) bond motifs is 1. The standard InChI is InChI=1S/C19H20ClN5O4/c1-12-15-16(22-29-12)18(26)25(21-17(15)19(27)28-2)11-23-6-8-24(9-7-23)14-5-3-4-13(20)10-14/h3-5,10H,6-9,11H2,1-2H3. The SMILES string of the molecule is COC(=O)c1nn(CN2CCN(c3cccc(Cl)c3)CC2)c(=O)c2noc(C)c12. The van der Waals surface area contributed by atoms with E-state index in [0.717, 1.165) is 31.9 Å². The number of carbonyl (C=O) groups excluding carboxylic acids is 1. The van der Waals surface area contributed by atoms with Crippen molar-refractivity contribution in [2.45, 2.75) is 13.6 Å². The zero-order valence-corrected chi connectivity index (χ0v) is 16.8. The number of methoxy groups -OCH3 is 1. The van der Waals surface area contributed by atoms with Crippen molar-refractivity contribution in [2.24, 2.45) is 0 Å². The van der Waals surface area contributed by atoms with Gasteiger partial charge in [0.25, 0.3) is 5.56 Å². The summed E-state index contributed by atoms with van der Waals surface area (Å²) >= 11 is 6.08. The number of nitrogens with zero attached hydrogens (tertiary/aromatic N) is 5. The van der Waals surface area contributed by atoms with Crippen LogP contribution in [0.2, 0.25) is 5.02 Å². The molecule has 1 fully saturated rings. The monoisotopic (exact) mass is 417 g/mol. The molecule has 0 N–H and O–H groups in total. The van der Waals surface area contributed by atoms with E-state index in [0.29, 0.717) is 16.2 Å². The molecule has 9 nitrogen and oxygen atoms in total. The molecular weight excluding hydrogens is 398 g/mol. The molecule has 0 saturated carbocycles. The number of hydrogen-bond acceptors (Lipinski definition) is 8. The fourth-order valence-corrected chi connectivity index (χ4v) is 3.67. The van der Waals surface area contributed by atoms with Gasteiger partial charge in [0.15, 0.2) is 11.2 Å². The van der Waals surface area contributed by atoms with Gasteiger partial charge < -0.3 is 14.2 Å². The molecule has 1 aliphatic rings. The molecule has 152 valence electrons. The van der Waals surface area contributed by atoms with Gasteiger partial charge in [-0.3, -0.25) is 9.69 Å². The first-order valence-electron chi connectivity index (χ1n) is 9.16. The highest BCUT2D eigenvalue weighted by Crippen LogP contribution is 2.21. The van der Waals surface area contributed by atoms with Crippen LogP contribution in [0.4, 0.5) is 5.69 Å². The molecule has 3 aromatic rings. The minimum atomic E-state index is -0.638. The van der Waals surface area contributed by atoms with E-state index >= 15 is 0 Å². The summed E-state index contributed by atoms with van der Waals surface area (Å²) in [6.45, 7) is 4.89. The number of rotatable bonds is 4. The Morgan fingerprint density at radius 3 is 2.72 bits per heavy atom. The Labute approximate surface area is 171 Å². The number of benzene rings is 1. The number of esters is 1. The van der Waals surface area contributed by atoms with E-state index in [4.69, 9.17) is 20.9 Å². The van der Waals surface area contributed by atoms with Crippen LogP contribution < -0.4 is 10.5 Å². The van der Waals surface area contributed by atoms with Crippen molar-refractivity contribution < 1.29 is 14.1 Å². The van der Waals surface area contributed by atoms with Gasteiger partial charge in [-0.05, 0) is 25.1 Å². The maximum Gasteiger partial charge on any atom is 0.359 e. The normalized spacial score (nSPS) is 15.1. The van der Waals surface area contributed by atoms with Crippen LogP contribution in [0.15, 0.2) is 33.6 Å². The predicted octanol–water partition coefficient (Wildman–Crippen LogP) is 1.91. The van der Waals surface area contributed by atoms with Gasteiger partial charge in [0.2, 0.25) is 0 Å². The molecule has 3 heterocycles. The van der Waals surface area contributed by atoms with Crippen LogP contribution in [0.25, 0.3) is 10.9 Å². The summed E-state index contributed by atoms with van der Waals surface area (Å²) in [4.78, 5) is 29.3. The minimum Gasteiger partial charge on any atom is -0.464 e. The highest BCUT2D eigenvalue weighted by Gasteiger charge is 2.24. The quantitative estimate of drug-likeness (QED) is 0.594. The number of hydrogen-bond donors (Lipinski definition) is 0. The molecule has 0 atom stereocenters. The van der Waals surface area contributed by atoms with E-state index < -0.39 is 11.5 Å². The van der Waals surface area contributed by atoms with Crippen LogP contribution in [0.1, 0.15) is 16.2 Å². The van der Waals surface area contributed by atoms with Gasteiger partial charge in [0, 0.05) is 36.9 Å². The molecule has 0 bridgehead atoms. The molecule has 0 unspecified atom stereocenters. The smallest absolute Gasteiger partial charge is 0.359 e. The molecule has 0 aliphatic carbocycles. The van der Waals surface area contributed by atoms with E-state index in [-0.39, 0.29) is 17.9 Å². The van der Waals surface area contributed by atoms with Gasteiger partial charge in [-0.25, -0.2) is 9.48 Å². The lowest BCUT2D eigenvalue weighted by Crippen LogP contribution is -2.48. The molecule has 0 amide bonds. The van der Waals surface area contributed by atoms with Crippen LogP contribution in [0, 0.1) is 6.92 Å². The minimum absolute atomic E-state index is 0.0263. The maximum atomic E-state index is 12.8. The maximum absolute atomic E-state index is 12.8. The average Bonchev–Trinajstić information content (AvgIpc) is 3.12. The average molecular weight is 418 g/mol. The van der Waals surface area contributed by atoms with Crippen molar-refractivity contribution in [3.8, 4) is 0 Å². The van der Waals surface area contributed by atoms with Crippen LogP contribution in [-0.4, -0.2) is 59.1 Å². The van der Waals surface area contributed by atoms with Gasteiger partial charge in [-0.2, -0.15) is 5.10 Å². The van der Waals surface area contributed by atoms with Gasteiger partial charge in [0.1, 0.15) is 5.76 Å². The van der Waals surface area contributed by atoms with Gasteiger partial charge in [0.05, 0.1) is 19.2 Å². The lowest BCUT2D eigenvalue weighted by atomic mass is 10.2. The Hall–Kier alpha value is -2.91. The number of piperazine rings is 1. The highest BCUT2D eigenvalue weighted by molar-refractivity contribution is 6.30. The largest absolute Gasteiger partial charge is 0.464 e. The fraction of sp³-hybridized carbons (Fsp3) is 0.368. The second-order valence-electron chi connectivity index (χ2n) is 6.83. The third-order valence-corrected chi connectivity index (χ3v) is 5.25. The third kappa shape index (κ3) is 3.70. The molecule has 4 rings (SSSR count). The first kappa shape index (κ1) is 19.4. The third-order valence-electron chi connectivity index (χ3n) is 5.02. The van der Waals surface area contributed by atoms with Crippen LogP contribution >= 0.6 is 11.6 Å². The van der Waals surface area contributed by atoms with Crippen LogP contribution in [0.3, 0.4) is 0 Å². The Morgan fingerprint density at radius 2 is 2.03 bits per heavy atom. The number of anilines is 1. The van der Waals surface area contributed by atoms with Crippen molar-refractivity contribution >= 4 is 34.2 Å². The second kappa shape index (κ2) is 7.84. The number of aryl methyl sites for hydroxylation is 1. The predicted molar refractivity (Wildman–Crippen MR) is 107 cm³/mol. The fourth-order valence-electron chi connectivity index (χ4n) is 3.48. The Kier molecular flexibility index (Phi) is 5.25. The van der Waals surface area contributed by atoms with Gasteiger partial charge in [-0.15, -0.1) is 0 Å². The van der Waals surface area contributed by atoms with Crippen LogP contribution in [0.5, 0.6) is 0 Å². The summed E-state index contributed by atoms with van der Waals surface area (Å²) in [5.74, 6) is -0.284. The summed E-state index contributed by atoms with van der Waals surface area (Å²) < 4.78 is 11.2. The van der Waals surface area contributed by atoms with Crippen molar-refractivity contribution in [3.63, 3.8) is 0 Å². The summed E-state index contributed by atoms with van der Waals surface area (Å²) in [6.07, 6.45) is 0. The van der Waals surface area contributed by atoms with Gasteiger partial charge in [-0.1, -0.05) is 22.8 Å². The number of ether oxygens (including phenoxy) is 1.